The zero-order valence-electron chi connectivity index (χ0n) is 10.4. The highest BCUT2D eigenvalue weighted by Crippen LogP contribution is 2.19. The number of hydrogen-bond donors (Lipinski definition) is 2. The van der Waals surface area contributed by atoms with Crippen LogP contribution in [0.1, 0.15) is 31.2 Å². The Bertz CT molecular complexity index is 649. The minimum absolute atomic E-state index is 0.166. The number of nitrogens with zero attached hydrogens (tertiary/aromatic N) is 1. The van der Waals surface area contributed by atoms with Crippen LogP contribution in [0.25, 0.3) is 0 Å². The summed E-state index contributed by atoms with van der Waals surface area (Å²) in [5.74, 6) is -1.30. The molecule has 1 amide bonds. The van der Waals surface area contributed by atoms with Crippen molar-refractivity contribution >= 4 is 28.3 Å². The highest BCUT2D eigenvalue weighted by molar-refractivity contribution is 7.15. The van der Waals surface area contributed by atoms with Gasteiger partial charge in [0, 0.05) is 16.6 Å². The number of nitrogens with one attached hydrogen (secondary N) is 1. The van der Waals surface area contributed by atoms with Crippen LogP contribution in [0.5, 0.6) is 0 Å². The standard InChI is InChI=1S/C13H12N2O3S/c1-7-5-9(12(17)18)3-4-10(7)11(16)15-13-14-6-8(2)19-13/h3-6H,1-2H3,(H,17,18)(H,14,15,16). The maximum Gasteiger partial charge on any atom is 0.335 e. The van der Waals surface area contributed by atoms with Crippen LogP contribution in [0.3, 0.4) is 0 Å². The van der Waals surface area contributed by atoms with E-state index < -0.39 is 5.97 Å². The summed E-state index contributed by atoms with van der Waals surface area (Å²) in [7, 11) is 0. The van der Waals surface area contributed by atoms with Gasteiger partial charge in [0.1, 0.15) is 0 Å². The molecule has 1 heterocycles. The van der Waals surface area contributed by atoms with E-state index in [1.165, 1.54) is 29.5 Å². The van der Waals surface area contributed by atoms with Crippen LogP contribution in [0.15, 0.2) is 24.4 Å². The number of aromatic nitrogens is 1. The molecule has 1 aromatic heterocycles. The van der Waals surface area contributed by atoms with Crippen molar-refractivity contribution in [1.82, 2.24) is 4.98 Å². The summed E-state index contributed by atoms with van der Waals surface area (Å²) in [4.78, 5) is 27.9. The number of thiazole rings is 1. The van der Waals surface area contributed by atoms with E-state index in [1.807, 2.05) is 6.92 Å². The van der Waals surface area contributed by atoms with Gasteiger partial charge in [-0.05, 0) is 37.6 Å². The number of aromatic carboxylic acids is 1. The Morgan fingerprint density at radius 1 is 1.32 bits per heavy atom. The van der Waals surface area contributed by atoms with Crippen molar-refractivity contribution in [3.05, 3.63) is 46.0 Å². The predicted octanol–water partition coefficient (Wildman–Crippen LogP) is 2.71. The number of carbonyl (C=O) groups excluding carboxylic acids is 1. The number of carboxylic acids is 1. The Balaban J connectivity index is 2.22. The number of hydrogen-bond acceptors (Lipinski definition) is 4. The average molecular weight is 276 g/mol. The van der Waals surface area contributed by atoms with E-state index in [4.69, 9.17) is 5.11 Å². The molecule has 0 aliphatic heterocycles. The fraction of sp³-hybridized carbons (Fsp3) is 0.154. The van der Waals surface area contributed by atoms with E-state index in [-0.39, 0.29) is 11.5 Å². The minimum atomic E-state index is -1.01. The molecule has 0 saturated heterocycles. The first-order valence-corrected chi connectivity index (χ1v) is 6.37. The smallest absolute Gasteiger partial charge is 0.335 e. The Hall–Kier alpha value is -2.21. The van der Waals surface area contributed by atoms with Gasteiger partial charge in [0.2, 0.25) is 0 Å². The van der Waals surface area contributed by atoms with Crippen LogP contribution in [0.4, 0.5) is 5.13 Å². The van der Waals surface area contributed by atoms with Crippen LogP contribution in [0.2, 0.25) is 0 Å². The molecule has 0 atom stereocenters. The van der Waals surface area contributed by atoms with E-state index >= 15 is 0 Å². The van der Waals surface area contributed by atoms with Gasteiger partial charge in [-0.2, -0.15) is 0 Å². The number of carboxylic acid groups (broad SMARTS) is 1. The van der Waals surface area contributed by atoms with Crippen molar-refractivity contribution in [3.8, 4) is 0 Å². The van der Waals surface area contributed by atoms with E-state index in [9.17, 15) is 9.59 Å². The van der Waals surface area contributed by atoms with Gasteiger partial charge in [0.15, 0.2) is 5.13 Å². The molecule has 0 aliphatic rings. The van der Waals surface area contributed by atoms with Crippen molar-refractivity contribution in [1.29, 1.82) is 0 Å². The van der Waals surface area contributed by atoms with Gasteiger partial charge in [-0.15, -0.1) is 11.3 Å². The van der Waals surface area contributed by atoms with Gasteiger partial charge in [0.05, 0.1) is 5.56 Å². The largest absolute Gasteiger partial charge is 0.478 e. The molecule has 0 radical (unpaired) electrons. The summed E-state index contributed by atoms with van der Waals surface area (Å²) >= 11 is 1.39. The second-order valence-corrected chi connectivity index (χ2v) is 5.30. The molecule has 0 spiro atoms. The lowest BCUT2D eigenvalue weighted by Crippen LogP contribution is -2.13. The van der Waals surface area contributed by atoms with Crippen molar-refractivity contribution in [2.75, 3.05) is 5.32 Å². The fourth-order valence-electron chi connectivity index (χ4n) is 1.63. The van der Waals surface area contributed by atoms with Crippen molar-refractivity contribution in [3.63, 3.8) is 0 Å². The summed E-state index contributed by atoms with van der Waals surface area (Å²) in [5, 5.41) is 12.1. The van der Waals surface area contributed by atoms with Gasteiger partial charge in [-0.3, -0.25) is 10.1 Å². The van der Waals surface area contributed by atoms with Crippen LogP contribution in [-0.4, -0.2) is 22.0 Å². The SMILES string of the molecule is Cc1cnc(NC(=O)c2ccc(C(=O)O)cc2C)s1. The Labute approximate surface area is 113 Å². The first-order chi connectivity index (χ1) is 8.97. The zero-order chi connectivity index (χ0) is 14.0. The number of rotatable bonds is 3. The lowest BCUT2D eigenvalue weighted by molar-refractivity contribution is 0.0696. The molecule has 2 aromatic rings. The molecule has 0 saturated carbocycles. The van der Waals surface area contributed by atoms with Crippen LogP contribution < -0.4 is 5.32 Å². The molecule has 5 nitrogen and oxygen atoms in total. The molecule has 0 aliphatic carbocycles. The minimum Gasteiger partial charge on any atom is -0.478 e. The quantitative estimate of drug-likeness (QED) is 0.903. The van der Waals surface area contributed by atoms with Gasteiger partial charge < -0.3 is 5.11 Å². The summed E-state index contributed by atoms with van der Waals surface area (Å²) in [5.41, 5.74) is 1.22. The predicted molar refractivity (Wildman–Crippen MR) is 72.9 cm³/mol. The molecule has 19 heavy (non-hydrogen) atoms. The van der Waals surface area contributed by atoms with Gasteiger partial charge in [0.25, 0.3) is 5.91 Å². The molecule has 2 rings (SSSR count). The number of aryl methyl sites for hydroxylation is 2. The summed E-state index contributed by atoms with van der Waals surface area (Å²) < 4.78 is 0. The lowest BCUT2D eigenvalue weighted by Gasteiger charge is -2.06. The van der Waals surface area contributed by atoms with Crippen LogP contribution in [0, 0.1) is 13.8 Å². The van der Waals surface area contributed by atoms with Crippen LogP contribution in [-0.2, 0) is 0 Å². The number of amides is 1. The number of carbonyl (C=O) groups is 2. The van der Waals surface area contributed by atoms with E-state index in [1.54, 1.807) is 13.1 Å². The highest BCUT2D eigenvalue weighted by Gasteiger charge is 2.13. The van der Waals surface area contributed by atoms with Crippen LogP contribution >= 0.6 is 11.3 Å². The first kappa shape index (κ1) is 13.2. The average Bonchev–Trinajstić information content (AvgIpc) is 2.74. The van der Waals surface area contributed by atoms with E-state index in [2.05, 4.69) is 10.3 Å². The van der Waals surface area contributed by atoms with Crippen molar-refractivity contribution in [2.45, 2.75) is 13.8 Å². The normalized spacial score (nSPS) is 10.2. The van der Waals surface area contributed by atoms with Gasteiger partial charge in [-0.25, -0.2) is 9.78 Å². The molecule has 6 heteroatoms. The molecular formula is C13H12N2O3S. The van der Waals surface area contributed by atoms with E-state index in [0.29, 0.717) is 16.3 Å². The molecular weight excluding hydrogens is 264 g/mol. The third-order valence-corrected chi connectivity index (χ3v) is 3.39. The molecule has 98 valence electrons. The van der Waals surface area contributed by atoms with Gasteiger partial charge in [-0.1, -0.05) is 0 Å². The van der Waals surface area contributed by atoms with Gasteiger partial charge >= 0.3 is 5.97 Å². The summed E-state index contributed by atoms with van der Waals surface area (Å²) in [6.45, 7) is 3.61. The van der Waals surface area contributed by atoms with Crippen molar-refractivity contribution < 1.29 is 14.7 Å². The molecule has 2 N–H and O–H groups in total. The highest BCUT2D eigenvalue weighted by atomic mass is 32.1. The maximum atomic E-state index is 12.0. The lowest BCUT2D eigenvalue weighted by atomic mass is 10.0. The summed E-state index contributed by atoms with van der Waals surface area (Å²) in [6.07, 6.45) is 1.68. The third kappa shape index (κ3) is 2.97. The summed E-state index contributed by atoms with van der Waals surface area (Å²) in [6, 6.07) is 4.40. The van der Waals surface area contributed by atoms with Crippen molar-refractivity contribution in [2.24, 2.45) is 0 Å². The molecule has 0 fully saturated rings. The molecule has 1 aromatic carbocycles. The topological polar surface area (TPSA) is 79.3 Å². The Morgan fingerprint density at radius 3 is 2.58 bits per heavy atom. The van der Waals surface area contributed by atoms with E-state index in [0.717, 1.165) is 4.88 Å². The second kappa shape index (κ2) is 5.19. The Morgan fingerprint density at radius 2 is 2.05 bits per heavy atom. The Kier molecular flexibility index (Phi) is 3.62. The zero-order valence-corrected chi connectivity index (χ0v) is 11.2. The maximum absolute atomic E-state index is 12.0. The fourth-order valence-corrected chi connectivity index (χ4v) is 2.29. The second-order valence-electron chi connectivity index (χ2n) is 4.07. The first-order valence-electron chi connectivity index (χ1n) is 5.55. The molecule has 0 unspecified atom stereocenters. The monoisotopic (exact) mass is 276 g/mol. The third-order valence-electron chi connectivity index (χ3n) is 2.56. The number of benzene rings is 1. The number of anilines is 1. The molecule has 0 bridgehead atoms.